The molecule has 2 rings (SSSR count). The van der Waals surface area contributed by atoms with Crippen LogP contribution in [0.1, 0.15) is 19.2 Å². The van der Waals surface area contributed by atoms with E-state index in [1.165, 1.54) is 23.7 Å². The van der Waals surface area contributed by atoms with E-state index in [0.717, 1.165) is 13.0 Å². The first-order chi connectivity index (χ1) is 10.0. The zero-order valence-corrected chi connectivity index (χ0v) is 12.8. The highest BCUT2D eigenvalue weighted by Gasteiger charge is 2.22. The van der Waals surface area contributed by atoms with Crippen LogP contribution in [-0.2, 0) is 16.6 Å². The molecule has 0 saturated carbocycles. The molecule has 21 heavy (non-hydrogen) atoms. The number of sulfonamides is 1. The Morgan fingerprint density at radius 3 is 2.57 bits per heavy atom. The summed E-state index contributed by atoms with van der Waals surface area (Å²) in [5.74, 6) is 0.993. The lowest BCUT2D eigenvalue weighted by molar-refractivity contribution is 0.457. The number of nitrogens with zero attached hydrogens (tertiary/aromatic N) is 4. The summed E-state index contributed by atoms with van der Waals surface area (Å²) in [6, 6.07) is 0. The zero-order chi connectivity index (χ0) is 15.3. The molecule has 8 nitrogen and oxygen atoms in total. The quantitative estimate of drug-likeness (QED) is 0.785. The minimum Gasteiger partial charge on any atom is -0.354 e. The van der Waals surface area contributed by atoms with Crippen LogP contribution in [0.25, 0.3) is 0 Å². The summed E-state index contributed by atoms with van der Waals surface area (Å²) >= 11 is 0. The first kappa shape index (κ1) is 15.4. The van der Waals surface area contributed by atoms with Gasteiger partial charge in [-0.1, -0.05) is 6.92 Å². The molecular formula is C12H18N6O2S. The molecule has 9 heteroatoms. The van der Waals surface area contributed by atoms with Crippen molar-refractivity contribution in [2.24, 2.45) is 0 Å². The third-order valence-corrected chi connectivity index (χ3v) is 4.55. The second kappa shape index (κ2) is 6.64. The molecule has 2 heterocycles. The second-order valence-corrected chi connectivity index (χ2v) is 6.51. The Balaban J connectivity index is 2.11. The molecule has 0 atom stereocenters. The van der Waals surface area contributed by atoms with Crippen molar-refractivity contribution < 1.29 is 8.42 Å². The van der Waals surface area contributed by atoms with Crippen LogP contribution in [0.15, 0.2) is 29.7 Å². The highest BCUT2D eigenvalue weighted by molar-refractivity contribution is 7.89. The van der Waals surface area contributed by atoms with Gasteiger partial charge in [-0.2, -0.15) is 4.31 Å². The van der Waals surface area contributed by atoms with Gasteiger partial charge in [0.15, 0.2) is 0 Å². The van der Waals surface area contributed by atoms with Crippen molar-refractivity contribution in [1.82, 2.24) is 24.2 Å². The summed E-state index contributed by atoms with van der Waals surface area (Å²) in [7, 11) is -2.14. The molecule has 0 spiro atoms. The molecule has 0 amide bonds. The predicted molar refractivity (Wildman–Crippen MR) is 78.1 cm³/mol. The molecular weight excluding hydrogens is 292 g/mol. The molecule has 0 fully saturated rings. The van der Waals surface area contributed by atoms with Crippen molar-refractivity contribution in [3.05, 3.63) is 30.6 Å². The topological polar surface area (TPSA) is 104 Å². The predicted octanol–water partition coefficient (Wildman–Crippen LogP) is 0.842. The molecule has 114 valence electrons. The average Bonchev–Trinajstić information content (AvgIpc) is 2.98. The van der Waals surface area contributed by atoms with E-state index in [9.17, 15) is 8.42 Å². The van der Waals surface area contributed by atoms with E-state index in [1.54, 1.807) is 12.4 Å². The monoisotopic (exact) mass is 310 g/mol. The van der Waals surface area contributed by atoms with Crippen LogP contribution in [0.5, 0.6) is 0 Å². The summed E-state index contributed by atoms with van der Waals surface area (Å²) in [6.45, 7) is 2.92. The highest BCUT2D eigenvalue weighted by Crippen LogP contribution is 2.14. The highest BCUT2D eigenvalue weighted by atomic mass is 32.2. The van der Waals surface area contributed by atoms with Crippen molar-refractivity contribution in [2.75, 3.05) is 18.9 Å². The van der Waals surface area contributed by atoms with Crippen molar-refractivity contribution in [3.8, 4) is 0 Å². The van der Waals surface area contributed by atoms with Crippen LogP contribution >= 0.6 is 0 Å². The van der Waals surface area contributed by atoms with Crippen LogP contribution in [0, 0.1) is 0 Å². The van der Waals surface area contributed by atoms with Crippen molar-refractivity contribution in [2.45, 2.75) is 24.8 Å². The first-order valence-corrected chi connectivity index (χ1v) is 7.98. The Hall–Kier alpha value is -2.00. The molecule has 0 radical (unpaired) electrons. The number of rotatable bonds is 7. The number of anilines is 1. The number of H-pyrrole nitrogens is 1. The van der Waals surface area contributed by atoms with E-state index in [-0.39, 0.29) is 11.4 Å². The van der Waals surface area contributed by atoms with Crippen LogP contribution in [-0.4, -0.2) is 46.3 Å². The molecule has 0 aromatic carbocycles. The Labute approximate surface area is 123 Å². The van der Waals surface area contributed by atoms with E-state index in [2.05, 4.69) is 25.3 Å². The van der Waals surface area contributed by atoms with E-state index in [0.29, 0.717) is 11.8 Å². The summed E-state index contributed by atoms with van der Waals surface area (Å²) < 4.78 is 25.9. The van der Waals surface area contributed by atoms with Crippen LogP contribution < -0.4 is 5.32 Å². The molecule has 0 aliphatic rings. The fraction of sp³-hybridized carbons (Fsp3) is 0.417. The van der Waals surface area contributed by atoms with Gasteiger partial charge in [0, 0.05) is 26.0 Å². The maximum absolute atomic E-state index is 12.4. The van der Waals surface area contributed by atoms with Gasteiger partial charge in [0.05, 0.1) is 18.9 Å². The number of hydrogen-bond acceptors (Lipinski definition) is 6. The number of nitrogens with one attached hydrogen (secondary N) is 2. The molecule has 0 aliphatic heterocycles. The second-order valence-electron chi connectivity index (χ2n) is 4.47. The molecule has 0 bridgehead atoms. The summed E-state index contributed by atoms with van der Waals surface area (Å²) in [4.78, 5) is 14.9. The Morgan fingerprint density at radius 1 is 1.29 bits per heavy atom. The van der Waals surface area contributed by atoms with Gasteiger partial charge in [0.1, 0.15) is 10.7 Å². The van der Waals surface area contributed by atoms with Gasteiger partial charge < -0.3 is 10.3 Å². The molecule has 2 aromatic heterocycles. The maximum Gasteiger partial charge on any atom is 0.246 e. The minimum atomic E-state index is -3.63. The van der Waals surface area contributed by atoms with Gasteiger partial charge in [-0.3, -0.25) is 0 Å². The van der Waals surface area contributed by atoms with Crippen LogP contribution in [0.2, 0.25) is 0 Å². The van der Waals surface area contributed by atoms with E-state index >= 15 is 0 Å². The van der Waals surface area contributed by atoms with E-state index in [4.69, 9.17) is 0 Å². The van der Waals surface area contributed by atoms with Gasteiger partial charge in [0.25, 0.3) is 0 Å². The lowest BCUT2D eigenvalue weighted by atomic mass is 10.5. The van der Waals surface area contributed by atoms with Gasteiger partial charge in [0.2, 0.25) is 16.0 Å². The lowest BCUT2D eigenvalue weighted by Crippen LogP contribution is -2.27. The fourth-order valence-electron chi connectivity index (χ4n) is 1.64. The van der Waals surface area contributed by atoms with Crippen molar-refractivity contribution in [3.63, 3.8) is 0 Å². The normalized spacial score (nSPS) is 11.8. The Morgan fingerprint density at radius 2 is 2.00 bits per heavy atom. The van der Waals surface area contributed by atoms with Gasteiger partial charge >= 0.3 is 0 Å². The molecule has 0 aliphatic carbocycles. The third kappa shape index (κ3) is 3.76. The zero-order valence-electron chi connectivity index (χ0n) is 11.9. The van der Waals surface area contributed by atoms with E-state index in [1.807, 2.05) is 6.92 Å². The van der Waals surface area contributed by atoms with Crippen LogP contribution in [0.3, 0.4) is 0 Å². The number of aromatic amines is 1. The average molecular weight is 310 g/mol. The molecule has 2 N–H and O–H groups in total. The Kier molecular flexibility index (Phi) is 4.86. The standard InChI is InChI=1S/C12H18N6O2S/c1-3-4-15-12-16-7-10(8-17-12)21(19,20)18(2)9-11-13-5-6-14-11/h5-8H,3-4,9H2,1-2H3,(H,13,14)(H,15,16,17). The van der Waals surface area contributed by atoms with Crippen molar-refractivity contribution >= 4 is 16.0 Å². The molecule has 0 unspecified atom stereocenters. The summed E-state index contributed by atoms with van der Waals surface area (Å²) in [5.41, 5.74) is 0. The largest absolute Gasteiger partial charge is 0.354 e. The fourth-order valence-corrected chi connectivity index (χ4v) is 2.66. The minimum absolute atomic E-state index is 0.0543. The Bertz CT molecular complexity index is 654. The number of imidazole rings is 1. The molecule has 0 saturated heterocycles. The summed E-state index contributed by atoms with van der Waals surface area (Å²) in [5, 5.41) is 2.99. The summed E-state index contributed by atoms with van der Waals surface area (Å²) in [6.07, 6.45) is 6.77. The molecule has 2 aromatic rings. The van der Waals surface area contributed by atoms with Crippen LogP contribution in [0.4, 0.5) is 5.95 Å². The lowest BCUT2D eigenvalue weighted by Gasteiger charge is -2.15. The third-order valence-electron chi connectivity index (χ3n) is 2.80. The first-order valence-electron chi connectivity index (χ1n) is 6.54. The van der Waals surface area contributed by atoms with Gasteiger partial charge in [-0.05, 0) is 6.42 Å². The smallest absolute Gasteiger partial charge is 0.246 e. The van der Waals surface area contributed by atoms with E-state index < -0.39 is 10.0 Å². The van der Waals surface area contributed by atoms with Gasteiger partial charge in [-0.25, -0.2) is 23.4 Å². The van der Waals surface area contributed by atoms with Gasteiger partial charge in [-0.15, -0.1) is 0 Å². The SMILES string of the molecule is CCCNc1ncc(S(=O)(=O)N(C)Cc2ncc[nH]2)cn1. The number of hydrogen-bond donors (Lipinski definition) is 2. The maximum atomic E-state index is 12.4. The van der Waals surface area contributed by atoms with Crippen molar-refractivity contribution in [1.29, 1.82) is 0 Å². The number of aromatic nitrogens is 4.